The number of hydrogen-bond donors (Lipinski definition) is 0. The third kappa shape index (κ3) is 2.89. The molecule has 0 spiro atoms. The minimum absolute atomic E-state index is 0. The molecule has 1 nitrogen and oxygen atoms in total. The molecule has 0 aromatic carbocycles. The van der Waals surface area contributed by atoms with Gasteiger partial charge in [-0.05, 0) is 24.1 Å². The lowest BCUT2D eigenvalue weighted by Crippen LogP contribution is -1.84. The van der Waals surface area contributed by atoms with Crippen molar-refractivity contribution in [2.45, 2.75) is 6.42 Å². The summed E-state index contributed by atoms with van der Waals surface area (Å²) in [6, 6.07) is 5.80. The summed E-state index contributed by atoms with van der Waals surface area (Å²) in [6.45, 7) is 7.52. The van der Waals surface area contributed by atoms with Crippen LogP contribution in [-0.4, -0.2) is 4.98 Å². The normalized spacial score (nSPS) is 8.33. The van der Waals surface area contributed by atoms with Gasteiger partial charge in [-0.2, -0.15) is 0 Å². The number of rotatable bonds is 3. The van der Waals surface area contributed by atoms with Gasteiger partial charge in [-0.25, -0.2) is 0 Å². The van der Waals surface area contributed by atoms with Crippen molar-refractivity contribution in [2.75, 3.05) is 0 Å². The van der Waals surface area contributed by atoms with Crippen LogP contribution in [0.15, 0.2) is 43.6 Å². The van der Waals surface area contributed by atoms with Gasteiger partial charge in [-0.3, -0.25) is 4.98 Å². The van der Waals surface area contributed by atoms with Gasteiger partial charge in [0.15, 0.2) is 0 Å². The molecule has 2 heteroatoms. The second kappa shape index (κ2) is 5.56. The van der Waals surface area contributed by atoms with Crippen LogP contribution in [0.5, 0.6) is 0 Å². The number of pyridine rings is 1. The summed E-state index contributed by atoms with van der Waals surface area (Å²) in [7, 11) is 0. The van der Waals surface area contributed by atoms with Gasteiger partial charge in [0.1, 0.15) is 0 Å². The number of halogens is 1. The maximum atomic E-state index is 4.15. The Kier molecular flexibility index (Phi) is 5.06. The molecule has 1 aromatic heterocycles. The summed E-state index contributed by atoms with van der Waals surface area (Å²) in [5.41, 5.74) is 1.97. The fourth-order valence-corrected chi connectivity index (χ4v) is 0.851. The zero-order chi connectivity index (χ0) is 8.10. The van der Waals surface area contributed by atoms with Crippen molar-refractivity contribution in [1.29, 1.82) is 0 Å². The van der Waals surface area contributed by atoms with Crippen LogP contribution in [0, 0.1) is 0 Å². The van der Waals surface area contributed by atoms with Crippen molar-refractivity contribution < 1.29 is 0 Å². The lowest BCUT2D eigenvalue weighted by molar-refractivity contribution is 1.24. The molecule has 0 amide bonds. The summed E-state index contributed by atoms with van der Waals surface area (Å²) in [6.07, 6.45) is 4.40. The van der Waals surface area contributed by atoms with Crippen LogP contribution in [0.2, 0.25) is 0 Å². The Labute approximate surface area is 79.2 Å². The highest BCUT2D eigenvalue weighted by molar-refractivity contribution is 5.85. The fraction of sp³-hybridized carbons (Fsp3) is 0.100. The molecular weight excluding hydrogens is 170 g/mol. The Balaban J connectivity index is 0.00000121. The average molecular weight is 182 g/mol. The Morgan fingerprint density at radius 3 is 2.75 bits per heavy atom. The van der Waals surface area contributed by atoms with Gasteiger partial charge in [-0.15, -0.1) is 19.0 Å². The largest absolute Gasteiger partial charge is 0.257 e. The number of hydrogen-bond acceptors (Lipinski definition) is 1. The first kappa shape index (κ1) is 10.9. The maximum absolute atomic E-state index is 4.15. The minimum atomic E-state index is 0. The SMILES string of the molecule is C=CCC(=C)c1ccccn1.Cl. The van der Waals surface area contributed by atoms with Crippen LogP contribution in [-0.2, 0) is 0 Å². The summed E-state index contributed by atoms with van der Waals surface area (Å²) < 4.78 is 0. The van der Waals surface area contributed by atoms with E-state index in [9.17, 15) is 0 Å². The van der Waals surface area contributed by atoms with Gasteiger partial charge in [0.05, 0.1) is 5.69 Å². The van der Waals surface area contributed by atoms with Crippen molar-refractivity contribution in [1.82, 2.24) is 4.98 Å². The summed E-state index contributed by atoms with van der Waals surface area (Å²) in [5.74, 6) is 0. The monoisotopic (exact) mass is 181 g/mol. The lowest BCUT2D eigenvalue weighted by Gasteiger charge is -1.99. The fourth-order valence-electron chi connectivity index (χ4n) is 0.851. The zero-order valence-electron chi connectivity index (χ0n) is 6.86. The number of nitrogens with zero attached hydrogens (tertiary/aromatic N) is 1. The van der Waals surface area contributed by atoms with E-state index in [1.54, 1.807) is 6.20 Å². The third-order valence-electron chi connectivity index (χ3n) is 1.42. The second-order valence-electron chi connectivity index (χ2n) is 2.31. The van der Waals surface area contributed by atoms with Crippen LogP contribution in [0.1, 0.15) is 12.1 Å². The lowest BCUT2D eigenvalue weighted by atomic mass is 10.1. The second-order valence-corrected chi connectivity index (χ2v) is 2.31. The summed E-state index contributed by atoms with van der Waals surface area (Å²) >= 11 is 0. The molecule has 0 aliphatic carbocycles. The Hall–Kier alpha value is -1.08. The van der Waals surface area contributed by atoms with Gasteiger partial charge < -0.3 is 0 Å². The van der Waals surface area contributed by atoms with E-state index >= 15 is 0 Å². The quantitative estimate of drug-likeness (QED) is 0.654. The van der Waals surface area contributed by atoms with Crippen LogP contribution < -0.4 is 0 Å². The van der Waals surface area contributed by atoms with Crippen molar-refractivity contribution in [2.24, 2.45) is 0 Å². The first-order chi connectivity index (χ1) is 5.34. The molecule has 0 aliphatic heterocycles. The summed E-state index contributed by atoms with van der Waals surface area (Å²) in [5, 5.41) is 0. The van der Waals surface area contributed by atoms with Gasteiger partial charge in [0.2, 0.25) is 0 Å². The molecule has 0 unspecified atom stereocenters. The van der Waals surface area contributed by atoms with E-state index < -0.39 is 0 Å². The Morgan fingerprint density at radius 2 is 2.25 bits per heavy atom. The maximum Gasteiger partial charge on any atom is 0.0658 e. The van der Waals surface area contributed by atoms with E-state index in [-0.39, 0.29) is 12.4 Å². The number of aromatic nitrogens is 1. The van der Waals surface area contributed by atoms with Gasteiger partial charge >= 0.3 is 0 Å². The Morgan fingerprint density at radius 1 is 1.50 bits per heavy atom. The highest BCUT2D eigenvalue weighted by Gasteiger charge is 1.94. The van der Waals surface area contributed by atoms with E-state index in [0.717, 1.165) is 17.7 Å². The Bertz CT molecular complexity index is 254. The molecule has 0 aliphatic rings. The topological polar surface area (TPSA) is 12.9 Å². The van der Waals surface area contributed by atoms with Crippen LogP contribution in [0.25, 0.3) is 5.57 Å². The third-order valence-corrected chi connectivity index (χ3v) is 1.42. The molecule has 0 fully saturated rings. The van der Waals surface area contributed by atoms with Gasteiger partial charge in [0, 0.05) is 6.20 Å². The van der Waals surface area contributed by atoms with Crippen LogP contribution in [0.4, 0.5) is 0 Å². The zero-order valence-corrected chi connectivity index (χ0v) is 7.68. The molecule has 0 saturated heterocycles. The van der Waals surface area contributed by atoms with Crippen molar-refractivity contribution in [3.05, 3.63) is 49.3 Å². The molecular formula is C10H12ClN. The molecule has 0 saturated carbocycles. The molecule has 0 atom stereocenters. The molecule has 1 aromatic rings. The van der Waals surface area contributed by atoms with E-state index in [0.29, 0.717) is 0 Å². The van der Waals surface area contributed by atoms with Gasteiger partial charge in [0.25, 0.3) is 0 Å². The standard InChI is InChI=1S/C10H11N.ClH/c1-3-6-9(2)10-7-4-5-8-11-10;/h3-5,7-8H,1-2,6H2;1H. The molecule has 0 N–H and O–H groups in total. The van der Waals surface area contributed by atoms with Crippen LogP contribution >= 0.6 is 12.4 Å². The van der Waals surface area contributed by atoms with E-state index in [1.165, 1.54) is 0 Å². The first-order valence-electron chi connectivity index (χ1n) is 3.54. The van der Waals surface area contributed by atoms with E-state index in [1.807, 2.05) is 24.3 Å². The van der Waals surface area contributed by atoms with Gasteiger partial charge in [-0.1, -0.05) is 18.7 Å². The predicted molar refractivity (Wildman–Crippen MR) is 55.3 cm³/mol. The summed E-state index contributed by atoms with van der Waals surface area (Å²) in [4.78, 5) is 4.15. The molecule has 0 radical (unpaired) electrons. The van der Waals surface area contributed by atoms with E-state index in [4.69, 9.17) is 0 Å². The smallest absolute Gasteiger partial charge is 0.0658 e. The highest BCUT2D eigenvalue weighted by atomic mass is 35.5. The molecule has 0 bridgehead atoms. The molecule has 1 rings (SSSR count). The van der Waals surface area contributed by atoms with Crippen molar-refractivity contribution in [3.8, 4) is 0 Å². The van der Waals surface area contributed by atoms with E-state index in [2.05, 4.69) is 18.1 Å². The highest BCUT2D eigenvalue weighted by Crippen LogP contribution is 2.11. The molecule has 64 valence electrons. The number of allylic oxidation sites excluding steroid dienone is 2. The van der Waals surface area contributed by atoms with Crippen molar-refractivity contribution >= 4 is 18.0 Å². The van der Waals surface area contributed by atoms with Crippen LogP contribution in [0.3, 0.4) is 0 Å². The minimum Gasteiger partial charge on any atom is -0.257 e. The molecule has 1 heterocycles. The van der Waals surface area contributed by atoms with Crippen molar-refractivity contribution in [3.63, 3.8) is 0 Å². The first-order valence-corrected chi connectivity index (χ1v) is 3.54. The molecule has 12 heavy (non-hydrogen) atoms. The predicted octanol–water partition coefficient (Wildman–Crippen LogP) is 3.09. The average Bonchev–Trinajstić information content (AvgIpc) is 2.07.